The molecular formula is C46H66N3O7P. The number of hydrogen-bond acceptors (Lipinski definition) is 8. The van der Waals surface area contributed by atoms with E-state index in [1.165, 1.54) is 93.9 Å². The molecule has 0 radical (unpaired) electrons. The van der Waals surface area contributed by atoms with Gasteiger partial charge in [0.2, 0.25) is 0 Å². The van der Waals surface area contributed by atoms with Gasteiger partial charge in [-0.05, 0) is 35.6 Å². The Labute approximate surface area is 340 Å². The summed E-state index contributed by atoms with van der Waals surface area (Å²) < 4.78 is 38.7. The fourth-order valence-corrected chi connectivity index (χ4v) is 7.93. The molecule has 0 spiro atoms. The van der Waals surface area contributed by atoms with Crippen molar-refractivity contribution in [1.29, 1.82) is 0 Å². The number of unbranched alkanes of at least 4 members (excludes halogenated alkanes) is 13. The van der Waals surface area contributed by atoms with Crippen LogP contribution in [-0.2, 0) is 35.4 Å². The minimum Gasteiger partial charge on any atom is -0.383 e. The molecule has 0 aliphatic heterocycles. The number of nitrogen functional groups attached to an aromatic ring is 1. The lowest BCUT2D eigenvalue weighted by Crippen LogP contribution is -2.39. The molecule has 4 aromatic rings. The van der Waals surface area contributed by atoms with Crippen molar-refractivity contribution in [3.05, 3.63) is 130 Å². The molecule has 1 aromatic heterocycles. The lowest BCUT2D eigenvalue weighted by Gasteiger charge is -2.37. The Morgan fingerprint density at radius 1 is 0.684 bits per heavy atom. The summed E-state index contributed by atoms with van der Waals surface area (Å²) in [5, 5.41) is 0. The highest BCUT2D eigenvalue weighted by atomic mass is 31.2. The number of ether oxygens (including phenoxy) is 3. The second kappa shape index (κ2) is 26.4. The van der Waals surface area contributed by atoms with Gasteiger partial charge in [0.1, 0.15) is 17.8 Å². The first-order chi connectivity index (χ1) is 27.8. The fraction of sp³-hybridized carbons (Fsp3) is 0.522. The van der Waals surface area contributed by atoms with Crippen molar-refractivity contribution in [2.75, 3.05) is 38.5 Å². The number of nitrogens with two attached hydrogens (primary N) is 1. The maximum absolute atomic E-state index is 13.2. The Morgan fingerprint density at radius 3 is 1.65 bits per heavy atom. The van der Waals surface area contributed by atoms with E-state index in [2.05, 4.69) is 11.9 Å². The maximum Gasteiger partial charge on any atom is 0.353 e. The van der Waals surface area contributed by atoms with Crippen molar-refractivity contribution >= 4 is 13.4 Å². The van der Waals surface area contributed by atoms with Crippen LogP contribution < -0.4 is 11.4 Å². The molecule has 0 amide bonds. The predicted molar refractivity (Wildman–Crippen MR) is 229 cm³/mol. The molecule has 0 saturated heterocycles. The number of hydrogen-bond donors (Lipinski definition) is 2. The highest BCUT2D eigenvalue weighted by Gasteiger charge is 2.38. The van der Waals surface area contributed by atoms with Gasteiger partial charge >= 0.3 is 13.3 Å². The first-order valence-corrected chi connectivity index (χ1v) is 22.9. The van der Waals surface area contributed by atoms with E-state index in [-0.39, 0.29) is 25.6 Å². The van der Waals surface area contributed by atoms with E-state index in [0.29, 0.717) is 19.6 Å². The quantitative estimate of drug-likeness (QED) is 0.0290. The molecule has 0 saturated carbocycles. The van der Waals surface area contributed by atoms with Crippen LogP contribution in [0.3, 0.4) is 0 Å². The van der Waals surface area contributed by atoms with E-state index >= 15 is 0 Å². The van der Waals surface area contributed by atoms with Crippen LogP contribution in [0, 0.1) is 0 Å². The van der Waals surface area contributed by atoms with Gasteiger partial charge < -0.3 is 29.4 Å². The highest BCUT2D eigenvalue weighted by Crippen LogP contribution is 2.43. The molecule has 0 aliphatic carbocycles. The van der Waals surface area contributed by atoms with Gasteiger partial charge in [-0.25, -0.2) is 4.79 Å². The number of benzene rings is 3. The normalized spacial score (nSPS) is 13.4. The van der Waals surface area contributed by atoms with Crippen LogP contribution in [0.25, 0.3) is 0 Å². The van der Waals surface area contributed by atoms with Crippen LogP contribution in [0.1, 0.15) is 120 Å². The lowest BCUT2D eigenvalue weighted by atomic mass is 9.80. The fourth-order valence-electron chi connectivity index (χ4n) is 7.05. The van der Waals surface area contributed by atoms with Crippen molar-refractivity contribution in [2.24, 2.45) is 0 Å². The first-order valence-electron chi connectivity index (χ1n) is 21.1. The van der Waals surface area contributed by atoms with Crippen LogP contribution in [-0.4, -0.2) is 53.3 Å². The maximum atomic E-state index is 13.2. The third-order valence-electron chi connectivity index (χ3n) is 10.2. The average molecular weight is 804 g/mol. The van der Waals surface area contributed by atoms with Gasteiger partial charge in [-0.2, -0.15) is 4.98 Å². The van der Waals surface area contributed by atoms with E-state index in [0.717, 1.165) is 29.5 Å². The number of nitrogens with zero attached hydrogens (tertiary/aromatic N) is 2. The molecule has 0 bridgehead atoms. The Bertz CT molecular complexity index is 1650. The van der Waals surface area contributed by atoms with Crippen LogP contribution in [0.4, 0.5) is 5.82 Å². The van der Waals surface area contributed by atoms with Gasteiger partial charge in [-0.1, -0.05) is 181 Å². The van der Waals surface area contributed by atoms with Gasteiger partial charge in [0.25, 0.3) is 0 Å². The molecule has 57 heavy (non-hydrogen) atoms. The number of rotatable bonds is 31. The third-order valence-corrected chi connectivity index (χ3v) is 11.2. The van der Waals surface area contributed by atoms with Crippen LogP contribution >= 0.6 is 7.60 Å². The molecule has 0 aliphatic rings. The second-order valence-electron chi connectivity index (χ2n) is 14.8. The summed E-state index contributed by atoms with van der Waals surface area (Å²) in [5.74, 6) is 0.0954. The summed E-state index contributed by atoms with van der Waals surface area (Å²) in [6.07, 6.45) is 18.9. The van der Waals surface area contributed by atoms with Gasteiger partial charge in [0, 0.05) is 19.4 Å². The average Bonchev–Trinajstić information content (AvgIpc) is 3.23. The molecule has 1 heterocycles. The van der Waals surface area contributed by atoms with Gasteiger partial charge in [0.05, 0.1) is 25.9 Å². The minimum absolute atomic E-state index is 0.00629. The van der Waals surface area contributed by atoms with Gasteiger partial charge in [0.15, 0.2) is 0 Å². The van der Waals surface area contributed by atoms with Crippen LogP contribution in [0.5, 0.6) is 0 Å². The highest BCUT2D eigenvalue weighted by molar-refractivity contribution is 7.52. The molecule has 2 atom stereocenters. The Morgan fingerprint density at radius 2 is 1.16 bits per heavy atom. The van der Waals surface area contributed by atoms with Crippen molar-refractivity contribution in [3.8, 4) is 0 Å². The van der Waals surface area contributed by atoms with E-state index in [4.69, 9.17) is 24.5 Å². The van der Waals surface area contributed by atoms with E-state index in [1.54, 1.807) is 0 Å². The van der Waals surface area contributed by atoms with E-state index in [9.17, 15) is 14.3 Å². The van der Waals surface area contributed by atoms with Crippen LogP contribution in [0.2, 0.25) is 0 Å². The predicted octanol–water partition coefficient (Wildman–Crippen LogP) is 10.3. The van der Waals surface area contributed by atoms with Crippen molar-refractivity contribution in [2.45, 2.75) is 121 Å². The summed E-state index contributed by atoms with van der Waals surface area (Å²) in [5.41, 5.74) is 6.77. The third kappa shape index (κ3) is 16.6. The zero-order valence-electron chi connectivity index (χ0n) is 34.1. The Balaban J connectivity index is 1.25. The molecule has 0 fully saturated rings. The van der Waals surface area contributed by atoms with Gasteiger partial charge in [-0.15, -0.1) is 0 Å². The number of anilines is 1. The first kappa shape index (κ1) is 46.1. The van der Waals surface area contributed by atoms with E-state index in [1.807, 2.05) is 91.0 Å². The summed E-state index contributed by atoms with van der Waals surface area (Å²) in [6.45, 7) is 3.38. The molecule has 312 valence electrons. The second-order valence-corrected chi connectivity index (χ2v) is 16.6. The zero-order valence-corrected chi connectivity index (χ0v) is 35.0. The summed E-state index contributed by atoms with van der Waals surface area (Å²) in [7, 11) is -4.16. The summed E-state index contributed by atoms with van der Waals surface area (Å²) >= 11 is 0. The van der Waals surface area contributed by atoms with Crippen molar-refractivity contribution in [1.82, 2.24) is 9.55 Å². The van der Waals surface area contributed by atoms with E-state index < -0.39 is 31.3 Å². The molecule has 3 aromatic carbocycles. The molecular weight excluding hydrogens is 737 g/mol. The monoisotopic (exact) mass is 803 g/mol. The minimum atomic E-state index is -4.16. The van der Waals surface area contributed by atoms with Gasteiger partial charge in [-0.3, -0.25) is 9.13 Å². The lowest BCUT2D eigenvalue weighted by molar-refractivity contribution is -0.0635. The van der Waals surface area contributed by atoms with Crippen molar-refractivity contribution < 1.29 is 28.2 Å². The zero-order chi connectivity index (χ0) is 40.4. The summed E-state index contributed by atoms with van der Waals surface area (Å²) in [6, 6.07) is 31.1. The molecule has 2 unspecified atom stereocenters. The Kier molecular flexibility index (Phi) is 21.3. The molecule has 4 rings (SSSR count). The largest absolute Gasteiger partial charge is 0.383 e. The molecule has 10 nitrogen and oxygen atoms in total. The molecule has 3 N–H and O–H groups in total. The topological polar surface area (TPSA) is 135 Å². The number of aromatic nitrogens is 2. The standard InChI is InChI=1S/C46H66N3O7P/c1-2-3-4-5-6-7-8-9-10-11-12-13-14-24-34-53-35-25-36-56-57(51,52)39-54-43(37-49-33-32-44(47)48-45(49)50)38-55-46(40-26-18-15-19-27-40,41-28-20-16-21-29-41)42-30-22-17-23-31-42/h15-23,26-33,43H,2-14,24-25,34-39H2,1H3,(H,51,52)(H2,47,48,50). The Hall–Kier alpha value is -3.63. The molecule has 11 heteroatoms. The van der Waals surface area contributed by atoms with Crippen molar-refractivity contribution in [3.63, 3.8) is 0 Å². The SMILES string of the molecule is CCCCCCCCCCCCCCCCOCCCOP(=O)(O)COC(COC(c1ccccc1)(c1ccccc1)c1ccccc1)Cn1ccc(N)nc1=O. The summed E-state index contributed by atoms with van der Waals surface area (Å²) in [4.78, 5) is 27.4. The van der Waals surface area contributed by atoms with Crippen LogP contribution in [0.15, 0.2) is 108 Å². The smallest absolute Gasteiger partial charge is 0.353 e.